The zero-order valence-corrected chi connectivity index (χ0v) is 13.9. The zero-order valence-electron chi connectivity index (χ0n) is 13.1. The lowest BCUT2D eigenvalue weighted by atomic mass is 10.1. The molecule has 1 atom stereocenters. The average Bonchev–Trinajstić information content (AvgIpc) is 2.89. The van der Waals surface area contributed by atoms with Gasteiger partial charge in [0.25, 0.3) is 11.6 Å². The van der Waals surface area contributed by atoms with E-state index in [2.05, 4.69) is 5.32 Å². The minimum Gasteiger partial charge on any atom is -0.452 e. The van der Waals surface area contributed by atoms with Crippen molar-refractivity contribution in [2.75, 3.05) is 18.1 Å². The molecule has 0 unspecified atom stereocenters. The number of nitro benzene ring substituents is 1. The van der Waals surface area contributed by atoms with Crippen molar-refractivity contribution >= 4 is 33.5 Å². The lowest BCUT2D eigenvalue weighted by Crippen LogP contribution is -2.38. The Morgan fingerprint density at radius 1 is 1.36 bits per heavy atom. The lowest BCUT2D eigenvalue weighted by molar-refractivity contribution is -0.385. The molecule has 0 spiro atoms. The lowest BCUT2D eigenvalue weighted by Gasteiger charge is -2.10. The first-order valence-electron chi connectivity index (χ1n) is 7.35. The number of benzene rings is 1. The molecule has 1 saturated heterocycles. The minimum atomic E-state index is -3.11. The Kier molecular flexibility index (Phi) is 5.86. The molecule has 25 heavy (non-hydrogen) atoms. The van der Waals surface area contributed by atoms with Crippen LogP contribution in [0.15, 0.2) is 30.3 Å². The molecule has 134 valence electrons. The molecule has 1 N–H and O–H groups in total. The SMILES string of the molecule is O=C(COC(=O)/C=C/c1ccccc1[N+](=O)[O-])N[C@@H]1CCS(=O)(=O)C1. The summed E-state index contributed by atoms with van der Waals surface area (Å²) in [5, 5.41) is 13.3. The molecule has 0 aliphatic carbocycles. The number of nitrogens with one attached hydrogen (secondary N) is 1. The van der Waals surface area contributed by atoms with E-state index in [0.29, 0.717) is 6.42 Å². The molecular formula is C15H16N2O7S. The number of nitro groups is 1. The zero-order chi connectivity index (χ0) is 18.4. The van der Waals surface area contributed by atoms with E-state index in [9.17, 15) is 28.1 Å². The van der Waals surface area contributed by atoms with Crippen molar-refractivity contribution in [2.24, 2.45) is 0 Å². The molecule has 1 aromatic rings. The van der Waals surface area contributed by atoms with E-state index >= 15 is 0 Å². The Balaban J connectivity index is 1.83. The third kappa shape index (κ3) is 5.68. The van der Waals surface area contributed by atoms with E-state index < -0.39 is 39.3 Å². The third-order valence-electron chi connectivity index (χ3n) is 3.48. The summed E-state index contributed by atoms with van der Waals surface area (Å²) in [6, 6.07) is 5.38. The molecule has 10 heteroatoms. The molecule has 0 bridgehead atoms. The number of rotatable bonds is 6. The number of carbonyl (C=O) groups excluding carboxylic acids is 2. The third-order valence-corrected chi connectivity index (χ3v) is 5.24. The molecule has 1 fully saturated rings. The molecule has 1 amide bonds. The van der Waals surface area contributed by atoms with Gasteiger partial charge in [0.05, 0.1) is 22.0 Å². The molecule has 9 nitrogen and oxygen atoms in total. The van der Waals surface area contributed by atoms with Crippen LogP contribution in [0.5, 0.6) is 0 Å². The van der Waals surface area contributed by atoms with Crippen LogP contribution in [-0.2, 0) is 24.2 Å². The van der Waals surface area contributed by atoms with Crippen molar-refractivity contribution in [3.05, 3.63) is 46.0 Å². The number of amides is 1. The fourth-order valence-electron chi connectivity index (χ4n) is 2.32. The number of sulfone groups is 1. The summed E-state index contributed by atoms with van der Waals surface area (Å²) in [7, 11) is -3.11. The van der Waals surface area contributed by atoms with Crippen LogP contribution in [0.1, 0.15) is 12.0 Å². The van der Waals surface area contributed by atoms with Gasteiger partial charge < -0.3 is 10.1 Å². The maximum Gasteiger partial charge on any atom is 0.331 e. The van der Waals surface area contributed by atoms with E-state index in [1.807, 2.05) is 0 Å². The Morgan fingerprint density at radius 2 is 2.08 bits per heavy atom. The Labute approximate surface area is 143 Å². The Morgan fingerprint density at radius 3 is 2.72 bits per heavy atom. The van der Waals surface area contributed by atoms with Crippen LogP contribution in [0.4, 0.5) is 5.69 Å². The topological polar surface area (TPSA) is 133 Å². The Bertz CT molecular complexity index is 817. The fraction of sp³-hybridized carbons (Fsp3) is 0.333. The van der Waals surface area contributed by atoms with Gasteiger partial charge in [0.15, 0.2) is 16.4 Å². The smallest absolute Gasteiger partial charge is 0.331 e. The molecule has 1 heterocycles. The van der Waals surface area contributed by atoms with Gasteiger partial charge in [-0.1, -0.05) is 12.1 Å². The van der Waals surface area contributed by atoms with Gasteiger partial charge in [-0.3, -0.25) is 14.9 Å². The van der Waals surface area contributed by atoms with E-state index in [-0.39, 0.29) is 22.8 Å². The van der Waals surface area contributed by atoms with E-state index in [1.165, 1.54) is 24.3 Å². The second-order valence-electron chi connectivity index (χ2n) is 5.42. The van der Waals surface area contributed by atoms with Gasteiger partial charge in [-0.2, -0.15) is 0 Å². The predicted molar refractivity (Wildman–Crippen MR) is 88.3 cm³/mol. The van der Waals surface area contributed by atoms with Crippen molar-refractivity contribution in [3.8, 4) is 0 Å². The van der Waals surface area contributed by atoms with Crippen LogP contribution in [0.2, 0.25) is 0 Å². The molecule has 0 aromatic heterocycles. The van der Waals surface area contributed by atoms with E-state index in [4.69, 9.17) is 4.74 Å². The van der Waals surface area contributed by atoms with Gasteiger partial charge in [0.2, 0.25) is 0 Å². The highest BCUT2D eigenvalue weighted by molar-refractivity contribution is 7.91. The van der Waals surface area contributed by atoms with Crippen molar-refractivity contribution in [1.82, 2.24) is 5.32 Å². The highest BCUT2D eigenvalue weighted by Crippen LogP contribution is 2.18. The highest BCUT2D eigenvalue weighted by atomic mass is 32.2. The summed E-state index contributed by atoms with van der Waals surface area (Å²) in [5.41, 5.74) is 0.0665. The number of para-hydroxylation sites is 1. The van der Waals surface area contributed by atoms with Crippen molar-refractivity contribution in [3.63, 3.8) is 0 Å². The number of hydrogen-bond donors (Lipinski definition) is 1. The number of hydrogen-bond acceptors (Lipinski definition) is 7. The summed E-state index contributed by atoms with van der Waals surface area (Å²) in [6.07, 6.45) is 2.54. The number of esters is 1. The largest absolute Gasteiger partial charge is 0.452 e. The molecule has 1 aromatic carbocycles. The van der Waals surface area contributed by atoms with Crippen molar-refractivity contribution < 1.29 is 27.7 Å². The van der Waals surface area contributed by atoms with Gasteiger partial charge in [0, 0.05) is 18.2 Å². The summed E-state index contributed by atoms with van der Waals surface area (Å²) < 4.78 is 27.3. The van der Waals surface area contributed by atoms with Gasteiger partial charge in [-0.25, -0.2) is 13.2 Å². The van der Waals surface area contributed by atoms with E-state index in [0.717, 1.165) is 6.08 Å². The summed E-state index contributed by atoms with van der Waals surface area (Å²) in [4.78, 5) is 33.5. The van der Waals surface area contributed by atoms with Gasteiger partial charge in [-0.15, -0.1) is 0 Å². The van der Waals surface area contributed by atoms with Crippen LogP contribution < -0.4 is 5.32 Å². The first-order valence-corrected chi connectivity index (χ1v) is 9.17. The molecule has 2 rings (SSSR count). The first kappa shape index (κ1) is 18.6. The second kappa shape index (κ2) is 7.88. The van der Waals surface area contributed by atoms with Crippen molar-refractivity contribution in [1.29, 1.82) is 0 Å². The normalized spacial score (nSPS) is 18.8. The Hall–Kier alpha value is -2.75. The maximum atomic E-state index is 11.6. The highest BCUT2D eigenvalue weighted by Gasteiger charge is 2.28. The van der Waals surface area contributed by atoms with Gasteiger partial charge in [-0.05, 0) is 18.6 Å². The molecule has 0 radical (unpaired) electrons. The van der Waals surface area contributed by atoms with Crippen molar-refractivity contribution in [2.45, 2.75) is 12.5 Å². The first-order chi connectivity index (χ1) is 11.8. The maximum absolute atomic E-state index is 11.6. The fourth-order valence-corrected chi connectivity index (χ4v) is 3.99. The second-order valence-corrected chi connectivity index (χ2v) is 7.65. The van der Waals surface area contributed by atoms with Crippen LogP contribution in [0.3, 0.4) is 0 Å². The van der Waals surface area contributed by atoms with E-state index in [1.54, 1.807) is 6.07 Å². The van der Waals surface area contributed by atoms with Crippen LogP contribution >= 0.6 is 0 Å². The standard InChI is InChI=1S/C15H16N2O7S/c18-14(16-12-7-8-25(22,23)10-12)9-24-15(19)6-5-11-3-1-2-4-13(11)17(20)21/h1-6,12H,7-10H2,(H,16,18)/b6-5+/t12-/m1/s1. The number of ether oxygens (including phenoxy) is 1. The molecular weight excluding hydrogens is 352 g/mol. The quantitative estimate of drug-likeness (QED) is 0.334. The van der Waals surface area contributed by atoms with Crippen LogP contribution in [0, 0.1) is 10.1 Å². The number of nitrogens with zero attached hydrogens (tertiary/aromatic N) is 1. The van der Waals surface area contributed by atoms with Gasteiger partial charge in [0.1, 0.15) is 0 Å². The molecule has 1 aliphatic rings. The monoisotopic (exact) mass is 368 g/mol. The van der Waals surface area contributed by atoms with Crippen LogP contribution in [0.25, 0.3) is 6.08 Å². The molecule has 0 saturated carbocycles. The summed E-state index contributed by atoms with van der Waals surface area (Å²) >= 11 is 0. The predicted octanol–water partition coefficient (Wildman–Crippen LogP) is 0.455. The molecule has 1 aliphatic heterocycles. The summed E-state index contributed by atoms with van der Waals surface area (Å²) in [6.45, 7) is -0.559. The summed E-state index contributed by atoms with van der Waals surface area (Å²) in [5.74, 6) is -1.54. The average molecular weight is 368 g/mol. The number of carbonyl (C=O) groups is 2. The minimum absolute atomic E-state index is 0.0241. The van der Waals surface area contributed by atoms with Gasteiger partial charge >= 0.3 is 5.97 Å². The van der Waals surface area contributed by atoms with Crippen LogP contribution in [-0.4, -0.2) is 49.4 Å².